The molecule has 1 saturated carbocycles. The first-order valence-electron chi connectivity index (χ1n) is 9.50. The number of nitrogens with zero attached hydrogens (tertiary/aromatic N) is 1. The van der Waals surface area contributed by atoms with Crippen molar-refractivity contribution in [2.24, 2.45) is 5.92 Å². The number of amides is 4. The number of aromatic nitrogens is 1. The van der Waals surface area contributed by atoms with Gasteiger partial charge < -0.3 is 10.3 Å². The summed E-state index contributed by atoms with van der Waals surface area (Å²) in [5, 5.41) is 4.75. The molecule has 2 heterocycles. The number of imide groups is 1. The van der Waals surface area contributed by atoms with Crippen LogP contribution in [-0.2, 0) is 16.0 Å². The van der Waals surface area contributed by atoms with Crippen LogP contribution in [0.3, 0.4) is 0 Å². The average Bonchev–Trinajstić information content (AvgIpc) is 3.17. The first-order chi connectivity index (χ1) is 13.0. The van der Waals surface area contributed by atoms with Crippen molar-refractivity contribution in [3.63, 3.8) is 0 Å². The summed E-state index contributed by atoms with van der Waals surface area (Å²) in [6, 6.07) is 7.36. The number of carbonyl (C=O) groups excluding carboxylic acids is 3. The number of hydrazine groups is 1. The van der Waals surface area contributed by atoms with E-state index in [1.54, 1.807) is 0 Å². The number of urea groups is 1. The second kappa shape index (κ2) is 6.72. The molecule has 3 N–H and O–H groups in total. The van der Waals surface area contributed by atoms with Crippen LogP contribution in [0.15, 0.2) is 30.5 Å². The molecule has 4 rings (SSSR count). The van der Waals surface area contributed by atoms with Gasteiger partial charge in [0.15, 0.2) is 0 Å². The second-order valence-electron chi connectivity index (χ2n) is 7.73. The van der Waals surface area contributed by atoms with Crippen molar-refractivity contribution in [2.45, 2.75) is 51.0 Å². The minimum Gasteiger partial charge on any atom is -0.361 e. The van der Waals surface area contributed by atoms with Crippen LogP contribution in [-0.4, -0.2) is 33.4 Å². The lowest BCUT2D eigenvalue weighted by Gasteiger charge is -2.33. The van der Waals surface area contributed by atoms with Gasteiger partial charge in [-0.3, -0.25) is 15.0 Å². The molecule has 0 bridgehead atoms. The van der Waals surface area contributed by atoms with Crippen molar-refractivity contribution in [2.75, 3.05) is 0 Å². The van der Waals surface area contributed by atoms with Crippen molar-refractivity contribution < 1.29 is 14.4 Å². The third kappa shape index (κ3) is 3.18. The molecule has 1 aliphatic carbocycles. The van der Waals surface area contributed by atoms with E-state index in [4.69, 9.17) is 0 Å². The zero-order chi connectivity index (χ0) is 19.0. The fraction of sp³-hybridized carbons (Fsp3) is 0.450. The Bertz CT molecular complexity index is 896. The van der Waals surface area contributed by atoms with Crippen molar-refractivity contribution >= 4 is 28.7 Å². The Morgan fingerprint density at radius 3 is 2.78 bits per heavy atom. The van der Waals surface area contributed by atoms with Gasteiger partial charge in [-0.25, -0.2) is 4.79 Å². The first kappa shape index (κ1) is 17.6. The highest BCUT2D eigenvalue weighted by Crippen LogP contribution is 2.35. The summed E-state index contributed by atoms with van der Waals surface area (Å²) in [5.41, 5.74) is 3.72. The van der Waals surface area contributed by atoms with Crippen molar-refractivity contribution in [1.82, 2.24) is 20.7 Å². The maximum Gasteiger partial charge on any atom is 0.344 e. The van der Waals surface area contributed by atoms with Crippen LogP contribution in [0.25, 0.3) is 10.9 Å². The van der Waals surface area contributed by atoms with Crippen molar-refractivity contribution in [1.29, 1.82) is 0 Å². The zero-order valence-corrected chi connectivity index (χ0v) is 15.4. The van der Waals surface area contributed by atoms with E-state index in [-0.39, 0.29) is 18.2 Å². The Morgan fingerprint density at radius 1 is 1.26 bits per heavy atom. The van der Waals surface area contributed by atoms with Gasteiger partial charge in [-0.05, 0) is 49.7 Å². The number of fused-ring (bicyclic) bond motifs is 1. The molecular weight excluding hydrogens is 344 g/mol. The topological polar surface area (TPSA) is 94.3 Å². The number of hydrogen-bond donors (Lipinski definition) is 3. The normalized spacial score (nSPS) is 25.2. The largest absolute Gasteiger partial charge is 0.361 e. The summed E-state index contributed by atoms with van der Waals surface area (Å²) >= 11 is 0. The van der Waals surface area contributed by atoms with Crippen molar-refractivity contribution in [3.05, 3.63) is 36.0 Å². The Hall–Kier alpha value is -2.83. The SMILES string of the molecule is CC1CCC2(CC1)NC(=O)N(NC(=O)CCc1c[nH]c3ccccc13)C2=O. The summed E-state index contributed by atoms with van der Waals surface area (Å²) in [5.74, 6) is -0.120. The molecule has 4 amide bonds. The molecule has 27 heavy (non-hydrogen) atoms. The molecule has 1 aromatic heterocycles. The van der Waals surface area contributed by atoms with E-state index in [1.807, 2.05) is 30.5 Å². The van der Waals surface area contributed by atoms with Crippen molar-refractivity contribution in [3.8, 4) is 0 Å². The fourth-order valence-electron chi connectivity index (χ4n) is 4.08. The molecule has 1 spiro atoms. The summed E-state index contributed by atoms with van der Waals surface area (Å²) in [4.78, 5) is 40.6. The van der Waals surface area contributed by atoms with Gasteiger partial charge in [-0.2, -0.15) is 5.01 Å². The lowest BCUT2D eigenvalue weighted by atomic mass is 9.77. The number of aryl methyl sites for hydroxylation is 1. The molecule has 2 aromatic rings. The summed E-state index contributed by atoms with van der Waals surface area (Å²) < 4.78 is 0. The smallest absolute Gasteiger partial charge is 0.344 e. The number of H-pyrrole nitrogens is 1. The number of para-hydroxylation sites is 1. The summed E-state index contributed by atoms with van der Waals surface area (Å²) in [6.07, 6.45) is 5.67. The van der Waals surface area contributed by atoms with Gasteiger partial charge in [0, 0.05) is 23.5 Å². The molecule has 1 saturated heterocycles. The van der Waals surface area contributed by atoms with Crippen LogP contribution in [0.2, 0.25) is 0 Å². The van der Waals surface area contributed by atoms with Gasteiger partial charge in [-0.15, -0.1) is 0 Å². The lowest BCUT2D eigenvalue weighted by Crippen LogP contribution is -2.51. The molecule has 1 aromatic carbocycles. The Kier molecular flexibility index (Phi) is 4.37. The van der Waals surface area contributed by atoms with E-state index in [0.717, 1.165) is 34.3 Å². The Balaban J connectivity index is 1.38. The average molecular weight is 368 g/mol. The van der Waals surface area contributed by atoms with Gasteiger partial charge in [0.2, 0.25) is 5.91 Å². The predicted molar refractivity (Wildman–Crippen MR) is 101 cm³/mol. The highest BCUT2D eigenvalue weighted by molar-refractivity contribution is 6.08. The van der Waals surface area contributed by atoms with E-state index in [1.165, 1.54) is 0 Å². The standard InChI is InChI=1S/C20H24N4O3/c1-13-8-10-20(11-9-13)18(26)24(19(27)22-20)23-17(25)7-6-14-12-21-16-5-3-2-4-15(14)16/h2-5,12-13,21H,6-11H2,1H3,(H,22,27)(H,23,25). The first-order valence-corrected chi connectivity index (χ1v) is 9.50. The van der Waals surface area contributed by atoms with Crippen LogP contribution < -0.4 is 10.7 Å². The monoisotopic (exact) mass is 368 g/mol. The fourth-order valence-corrected chi connectivity index (χ4v) is 4.08. The van der Waals surface area contributed by atoms with Crippen LogP contribution in [0.4, 0.5) is 4.79 Å². The molecule has 0 radical (unpaired) electrons. The second-order valence-corrected chi connectivity index (χ2v) is 7.73. The number of carbonyl (C=O) groups is 3. The maximum atomic E-state index is 12.8. The number of benzene rings is 1. The number of nitrogens with one attached hydrogen (secondary N) is 3. The predicted octanol–water partition coefficient (Wildman–Crippen LogP) is 2.63. The molecule has 0 atom stereocenters. The maximum absolute atomic E-state index is 12.8. The van der Waals surface area contributed by atoms with Gasteiger partial charge in [0.05, 0.1) is 0 Å². The highest BCUT2D eigenvalue weighted by Gasteiger charge is 2.52. The Morgan fingerprint density at radius 2 is 2.00 bits per heavy atom. The van der Waals surface area contributed by atoms with Crippen LogP contribution >= 0.6 is 0 Å². The van der Waals surface area contributed by atoms with E-state index in [0.29, 0.717) is 25.2 Å². The molecule has 2 aliphatic rings. The quantitative estimate of drug-likeness (QED) is 0.724. The molecule has 7 nitrogen and oxygen atoms in total. The van der Waals surface area contributed by atoms with Gasteiger partial charge in [0.1, 0.15) is 5.54 Å². The van der Waals surface area contributed by atoms with Gasteiger partial charge in [-0.1, -0.05) is 25.1 Å². The molecule has 2 fully saturated rings. The number of aromatic amines is 1. The van der Waals surface area contributed by atoms with E-state index >= 15 is 0 Å². The third-order valence-electron chi connectivity index (χ3n) is 5.82. The van der Waals surface area contributed by atoms with Crippen LogP contribution in [0, 0.1) is 5.92 Å². The third-order valence-corrected chi connectivity index (χ3v) is 5.82. The van der Waals surface area contributed by atoms with E-state index in [9.17, 15) is 14.4 Å². The lowest BCUT2D eigenvalue weighted by molar-refractivity contribution is -0.140. The van der Waals surface area contributed by atoms with E-state index < -0.39 is 11.6 Å². The highest BCUT2D eigenvalue weighted by atomic mass is 16.2. The zero-order valence-electron chi connectivity index (χ0n) is 15.4. The van der Waals surface area contributed by atoms with E-state index in [2.05, 4.69) is 22.7 Å². The van der Waals surface area contributed by atoms with Gasteiger partial charge >= 0.3 is 6.03 Å². The summed E-state index contributed by atoms with van der Waals surface area (Å²) in [7, 11) is 0. The molecule has 1 aliphatic heterocycles. The minimum absolute atomic E-state index is 0.197. The number of hydrogen-bond acceptors (Lipinski definition) is 3. The van der Waals surface area contributed by atoms with Crippen LogP contribution in [0.1, 0.15) is 44.6 Å². The summed E-state index contributed by atoms with van der Waals surface area (Å²) in [6.45, 7) is 2.15. The number of rotatable bonds is 4. The molecule has 0 unspecified atom stereocenters. The molecular formula is C20H24N4O3. The van der Waals surface area contributed by atoms with Gasteiger partial charge in [0.25, 0.3) is 5.91 Å². The molecule has 7 heteroatoms. The minimum atomic E-state index is -0.840. The van der Waals surface area contributed by atoms with Crippen LogP contribution in [0.5, 0.6) is 0 Å². The Labute approximate surface area is 157 Å². The molecule has 142 valence electrons.